The molecular weight excluding hydrogens is 284 g/mol. The number of carbonyl (C=O) groups is 2. The number of rotatable bonds is 5. The van der Waals surface area contributed by atoms with E-state index in [-0.39, 0.29) is 24.6 Å². The smallest absolute Gasteiger partial charge is 0.305 e. The summed E-state index contributed by atoms with van der Waals surface area (Å²) in [6, 6.07) is 3.18. The first kappa shape index (κ1) is 14.7. The first-order chi connectivity index (χ1) is 9.61. The van der Waals surface area contributed by atoms with Gasteiger partial charge < -0.3 is 14.2 Å². The summed E-state index contributed by atoms with van der Waals surface area (Å²) in [6.45, 7) is 0.917. The highest BCUT2D eigenvalue weighted by molar-refractivity contribution is 6.34. The first-order valence-electron chi connectivity index (χ1n) is 6.31. The van der Waals surface area contributed by atoms with Crippen LogP contribution in [0, 0.1) is 0 Å². The van der Waals surface area contributed by atoms with E-state index >= 15 is 0 Å². The number of ketones is 1. The zero-order valence-electron chi connectivity index (χ0n) is 11.1. The molecule has 0 N–H and O–H groups in total. The normalized spacial score (nSPS) is 12.9. The van der Waals surface area contributed by atoms with Crippen molar-refractivity contribution >= 4 is 23.4 Å². The Morgan fingerprint density at radius 3 is 2.50 bits per heavy atom. The zero-order valence-corrected chi connectivity index (χ0v) is 11.9. The summed E-state index contributed by atoms with van der Waals surface area (Å²) in [6.07, 6.45) is 0.870. The lowest BCUT2D eigenvalue weighted by Crippen LogP contribution is -2.16. The first-order valence-corrected chi connectivity index (χ1v) is 6.68. The molecule has 0 aromatic heterocycles. The van der Waals surface area contributed by atoms with E-state index in [4.69, 9.17) is 21.1 Å². The molecule has 6 heteroatoms. The van der Waals surface area contributed by atoms with Crippen LogP contribution in [0.3, 0.4) is 0 Å². The van der Waals surface area contributed by atoms with Gasteiger partial charge in [0.25, 0.3) is 0 Å². The molecule has 2 rings (SSSR count). The summed E-state index contributed by atoms with van der Waals surface area (Å²) in [5.74, 6) is 0.617. The molecule has 1 aromatic rings. The van der Waals surface area contributed by atoms with Crippen LogP contribution < -0.4 is 9.47 Å². The molecule has 0 aliphatic carbocycles. The second-order valence-corrected chi connectivity index (χ2v) is 4.74. The molecule has 108 valence electrons. The van der Waals surface area contributed by atoms with E-state index in [1.165, 1.54) is 7.11 Å². The van der Waals surface area contributed by atoms with Gasteiger partial charge in [-0.25, -0.2) is 0 Å². The number of methoxy groups -OCH3 is 1. The molecule has 0 unspecified atom stereocenters. The molecule has 5 nitrogen and oxygen atoms in total. The van der Waals surface area contributed by atoms with Crippen LogP contribution in [0.15, 0.2) is 12.1 Å². The maximum absolute atomic E-state index is 12.1. The zero-order chi connectivity index (χ0) is 14.5. The number of Topliss-reactive ketones (excluding diaryl/α,β-unsaturated/α-hetero) is 1. The number of benzene rings is 1. The summed E-state index contributed by atoms with van der Waals surface area (Å²) in [5, 5.41) is 0.331. The van der Waals surface area contributed by atoms with Crippen LogP contribution in [-0.4, -0.2) is 32.1 Å². The third kappa shape index (κ3) is 3.42. The minimum atomic E-state index is -0.328. The molecule has 0 saturated heterocycles. The van der Waals surface area contributed by atoms with Crippen molar-refractivity contribution in [3.8, 4) is 11.5 Å². The Kier molecular flexibility index (Phi) is 4.84. The van der Waals surface area contributed by atoms with Gasteiger partial charge in [0, 0.05) is 24.5 Å². The van der Waals surface area contributed by atoms with Crippen molar-refractivity contribution in [2.24, 2.45) is 0 Å². The van der Waals surface area contributed by atoms with Crippen LogP contribution >= 0.6 is 11.6 Å². The van der Waals surface area contributed by atoms with E-state index in [1.807, 2.05) is 0 Å². The van der Waals surface area contributed by atoms with E-state index in [2.05, 4.69) is 4.74 Å². The Morgan fingerprint density at radius 2 is 1.85 bits per heavy atom. The van der Waals surface area contributed by atoms with E-state index < -0.39 is 0 Å². The molecule has 1 heterocycles. The quantitative estimate of drug-likeness (QED) is 0.618. The van der Waals surface area contributed by atoms with Crippen molar-refractivity contribution < 1.29 is 23.8 Å². The van der Waals surface area contributed by atoms with Gasteiger partial charge in [0.15, 0.2) is 17.3 Å². The fourth-order valence-electron chi connectivity index (χ4n) is 1.91. The lowest BCUT2D eigenvalue weighted by molar-refractivity contribution is -0.140. The standard InChI is InChI=1S/C14H15ClO5/c1-18-14(17)4-2-3-11(16)9-7-12-13(8-10(9)15)20-6-5-19-12/h7-8H,2-6H2,1H3. The third-order valence-corrected chi connectivity index (χ3v) is 3.26. The number of hydrogen-bond donors (Lipinski definition) is 0. The second kappa shape index (κ2) is 6.61. The van der Waals surface area contributed by atoms with Crippen molar-refractivity contribution in [2.75, 3.05) is 20.3 Å². The minimum Gasteiger partial charge on any atom is -0.486 e. The summed E-state index contributed by atoms with van der Waals surface area (Å²) in [7, 11) is 1.32. The molecule has 0 atom stereocenters. The van der Waals surface area contributed by atoms with Crippen molar-refractivity contribution in [2.45, 2.75) is 19.3 Å². The van der Waals surface area contributed by atoms with Crippen LogP contribution in [0.1, 0.15) is 29.6 Å². The highest BCUT2D eigenvalue weighted by atomic mass is 35.5. The number of esters is 1. The highest BCUT2D eigenvalue weighted by Gasteiger charge is 2.19. The van der Waals surface area contributed by atoms with Gasteiger partial charge in [-0.15, -0.1) is 0 Å². The second-order valence-electron chi connectivity index (χ2n) is 4.33. The summed E-state index contributed by atoms with van der Waals surface area (Å²) in [4.78, 5) is 23.1. The fraction of sp³-hybridized carbons (Fsp3) is 0.429. The monoisotopic (exact) mass is 298 g/mol. The van der Waals surface area contributed by atoms with Gasteiger partial charge in [0.1, 0.15) is 13.2 Å². The van der Waals surface area contributed by atoms with Crippen LogP contribution in [0.25, 0.3) is 0 Å². The van der Waals surface area contributed by atoms with E-state index in [9.17, 15) is 9.59 Å². The SMILES string of the molecule is COC(=O)CCCC(=O)c1cc2c(cc1Cl)OCCO2. The largest absolute Gasteiger partial charge is 0.486 e. The lowest BCUT2D eigenvalue weighted by atomic mass is 10.0. The van der Waals surface area contributed by atoms with Crippen LogP contribution in [0.5, 0.6) is 11.5 Å². The predicted molar refractivity (Wildman–Crippen MR) is 72.6 cm³/mol. The molecule has 1 aliphatic rings. The van der Waals surface area contributed by atoms with Crippen LogP contribution in [0.2, 0.25) is 5.02 Å². The minimum absolute atomic E-state index is 0.129. The average Bonchev–Trinajstić information content (AvgIpc) is 2.46. The molecule has 1 aromatic carbocycles. The number of carbonyl (C=O) groups excluding carboxylic acids is 2. The maximum Gasteiger partial charge on any atom is 0.305 e. The van der Waals surface area contributed by atoms with E-state index in [0.717, 1.165) is 0 Å². The molecule has 1 aliphatic heterocycles. The summed E-state index contributed by atoms with van der Waals surface area (Å²) >= 11 is 6.08. The highest BCUT2D eigenvalue weighted by Crippen LogP contribution is 2.35. The van der Waals surface area contributed by atoms with Crippen LogP contribution in [0.4, 0.5) is 0 Å². The van der Waals surface area contributed by atoms with Crippen LogP contribution in [-0.2, 0) is 9.53 Å². The van der Waals surface area contributed by atoms with Gasteiger partial charge in [-0.05, 0) is 12.5 Å². The Balaban J connectivity index is 2.04. The molecule has 0 saturated carbocycles. The molecule has 0 amide bonds. The molecular formula is C14H15ClO5. The molecule has 20 heavy (non-hydrogen) atoms. The van der Waals surface area contributed by atoms with Crippen molar-refractivity contribution in [3.05, 3.63) is 22.7 Å². The molecule has 0 bridgehead atoms. The van der Waals surface area contributed by atoms with E-state index in [0.29, 0.717) is 41.7 Å². The lowest BCUT2D eigenvalue weighted by Gasteiger charge is -2.19. The topological polar surface area (TPSA) is 61.8 Å². The Hall–Kier alpha value is -1.75. The number of ether oxygens (including phenoxy) is 3. The maximum atomic E-state index is 12.1. The Labute approximate surface area is 121 Å². The Morgan fingerprint density at radius 1 is 1.20 bits per heavy atom. The summed E-state index contributed by atoms with van der Waals surface area (Å²) < 4.78 is 15.3. The number of fused-ring (bicyclic) bond motifs is 1. The third-order valence-electron chi connectivity index (χ3n) is 2.94. The van der Waals surface area contributed by atoms with E-state index in [1.54, 1.807) is 12.1 Å². The summed E-state index contributed by atoms with van der Waals surface area (Å²) in [5.41, 5.74) is 0.390. The Bertz CT molecular complexity index is 527. The van der Waals surface area contributed by atoms with Gasteiger partial charge in [0.05, 0.1) is 12.1 Å². The van der Waals surface area contributed by atoms with Gasteiger partial charge in [0.2, 0.25) is 0 Å². The fourth-order valence-corrected chi connectivity index (χ4v) is 2.17. The van der Waals surface area contributed by atoms with Crippen molar-refractivity contribution in [1.29, 1.82) is 0 Å². The predicted octanol–water partition coefficient (Wildman–Crippen LogP) is 2.64. The van der Waals surface area contributed by atoms with Gasteiger partial charge >= 0.3 is 5.97 Å². The van der Waals surface area contributed by atoms with Crippen molar-refractivity contribution in [1.82, 2.24) is 0 Å². The molecule has 0 spiro atoms. The number of hydrogen-bond acceptors (Lipinski definition) is 5. The van der Waals surface area contributed by atoms with Gasteiger partial charge in [-0.1, -0.05) is 11.6 Å². The average molecular weight is 299 g/mol. The van der Waals surface area contributed by atoms with Crippen molar-refractivity contribution in [3.63, 3.8) is 0 Å². The molecule has 0 radical (unpaired) electrons. The van der Waals surface area contributed by atoms with Gasteiger partial charge in [-0.3, -0.25) is 9.59 Å². The number of halogens is 1. The molecule has 0 fully saturated rings. The van der Waals surface area contributed by atoms with Gasteiger partial charge in [-0.2, -0.15) is 0 Å².